The number of hydrogen-bond donors (Lipinski definition) is 1. The second-order valence-corrected chi connectivity index (χ2v) is 3.71. The smallest absolute Gasteiger partial charge is 0.419 e. The van der Waals surface area contributed by atoms with Crippen LogP contribution >= 0.6 is 0 Å². The highest BCUT2D eigenvalue weighted by Gasteiger charge is 2.33. The van der Waals surface area contributed by atoms with E-state index in [0.717, 1.165) is 6.07 Å². The molecule has 0 saturated heterocycles. The fourth-order valence-electron chi connectivity index (χ4n) is 1.44. The lowest BCUT2D eigenvalue weighted by Gasteiger charge is -2.09. The van der Waals surface area contributed by atoms with Gasteiger partial charge < -0.3 is 10.1 Å². The summed E-state index contributed by atoms with van der Waals surface area (Å²) >= 11 is 0. The van der Waals surface area contributed by atoms with Gasteiger partial charge in [-0.05, 0) is 31.0 Å². The predicted molar refractivity (Wildman–Crippen MR) is 60.1 cm³/mol. The van der Waals surface area contributed by atoms with Gasteiger partial charge in [0.15, 0.2) is 0 Å². The van der Waals surface area contributed by atoms with E-state index < -0.39 is 23.7 Å². The topological polar surface area (TPSA) is 38.3 Å². The first-order valence-electron chi connectivity index (χ1n) is 5.61. The lowest BCUT2D eigenvalue weighted by Crippen LogP contribution is -2.26. The molecule has 0 heterocycles. The van der Waals surface area contributed by atoms with E-state index in [9.17, 15) is 22.4 Å². The molecule has 0 aliphatic rings. The van der Waals surface area contributed by atoms with Crippen molar-refractivity contribution in [2.75, 3.05) is 13.2 Å². The number of nitrogens with one attached hydrogen (secondary N) is 1. The van der Waals surface area contributed by atoms with Crippen LogP contribution in [0.25, 0.3) is 0 Å². The monoisotopic (exact) mass is 279 g/mol. The van der Waals surface area contributed by atoms with Gasteiger partial charge in [0.25, 0.3) is 0 Å². The predicted octanol–water partition coefficient (Wildman–Crippen LogP) is 3.13. The van der Waals surface area contributed by atoms with Crippen LogP contribution in [0.2, 0.25) is 0 Å². The molecule has 0 radical (unpaired) electrons. The molecule has 0 fully saturated rings. The molecule has 1 amide bonds. The molecule has 0 aliphatic carbocycles. The molecule has 0 aromatic heterocycles. The maximum absolute atomic E-state index is 13.2. The second-order valence-electron chi connectivity index (χ2n) is 3.71. The molecular formula is C12H13F4NO2. The fourth-order valence-corrected chi connectivity index (χ4v) is 1.44. The molecule has 0 unspecified atom stereocenters. The Balaban J connectivity index is 2.57. The minimum atomic E-state index is -4.70. The van der Waals surface area contributed by atoms with Crippen molar-refractivity contribution in [3.63, 3.8) is 0 Å². The molecule has 7 heteroatoms. The number of carbonyl (C=O) groups is 1. The number of ether oxygens (including phenoxy) is 1. The van der Waals surface area contributed by atoms with Crippen LogP contribution in [0.15, 0.2) is 18.2 Å². The summed E-state index contributed by atoms with van der Waals surface area (Å²) in [5, 5.41) is 2.39. The Hall–Kier alpha value is -1.79. The Morgan fingerprint density at radius 2 is 2.05 bits per heavy atom. The van der Waals surface area contributed by atoms with Gasteiger partial charge in [0.05, 0.1) is 12.2 Å². The summed E-state index contributed by atoms with van der Waals surface area (Å²) in [6.45, 7) is 2.02. The Morgan fingerprint density at radius 1 is 1.37 bits per heavy atom. The highest BCUT2D eigenvalue weighted by Crippen LogP contribution is 2.31. The normalized spacial score (nSPS) is 11.2. The molecule has 0 aliphatic heterocycles. The molecular weight excluding hydrogens is 266 g/mol. The van der Waals surface area contributed by atoms with Crippen molar-refractivity contribution in [1.82, 2.24) is 5.32 Å². The van der Waals surface area contributed by atoms with E-state index in [1.165, 1.54) is 6.07 Å². The van der Waals surface area contributed by atoms with E-state index in [2.05, 4.69) is 10.1 Å². The van der Waals surface area contributed by atoms with Gasteiger partial charge in [0.1, 0.15) is 5.82 Å². The van der Waals surface area contributed by atoms with Crippen LogP contribution in [-0.4, -0.2) is 19.2 Å². The van der Waals surface area contributed by atoms with Crippen molar-refractivity contribution in [1.29, 1.82) is 0 Å². The van der Waals surface area contributed by atoms with Gasteiger partial charge in [-0.2, -0.15) is 13.2 Å². The average molecular weight is 279 g/mol. The lowest BCUT2D eigenvalue weighted by atomic mass is 10.1. The SMILES string of the molecule is CCOC(=O)NCCc1ccc(C(F)(F)F)c(F)c1. The van der Waals surface area contributed by atoms with Crippen LogP contribution < -0.4 is 5.32 Å². The number of hydrogen-bond acceptors (Lipinski definition) is 2. The first-order chi connectivity index (χ1) is 8.84. The summed E-state index contributed by atoms with van der Waals surface area (Å²) in [6.07, 6.45) is -5.10. The summed E-state index contributed by atoms with van der Waals surface area (Å²) in [5.74, 6) is -1.32. The quantitative estimate of drug-likeness (QED) is 0.860. The Bertz CT molecular complexity index is 446. The molecule has 106 valence electrons. The maximum Gasteiger partial charge on any atom is 0.419 e. The van der Waals surface area contributed by atoms with E-state index in [-0.39, 0.29) is 19.6 Å². The van der Waals surface area contributed by atoms with Gasteiger partial charge >= 0.3 is 12.3 Å². The molecule has 1 aromatic rings. The van der Waals surface area contributed by atoms with E-state index in [0.29, 0.717) is 11.6 Å². The van der Waals surface area contributed by atoms with Crippen LogP contribution in [0.1, 0.15) is 18.1 Å². The van der Waals surface area contributed by atoms with E-state index in [1.807, 2.05) is 0 Å². The van der Waals surface area contributed by atoms with E-state index >= 15 is 0 Å². The fraction of sp³-hybridized carbons (Fsp3) is 0.417. The Morgan fingerprint density at radius 3 is 2.58 bits per heavy atom. The van der Waals surface area contributed by atoms with Crippen molar-refractivity contribution >= 4 is 6.09 Å². The zero-order valence-corrected chi connectivity index (χ0v) is 10.2. The summed E-state index contributed by atoms with van der Waals surface area (Å²) in [7, 11) is 0. The van der Waals surface area contributed by atoms with Crippen molar-refractivity contribution < 1.29 is 27.1 Å². The van der Waals surface area contributed by atoms with Crippen LogP contribution in [0.4, 0.5) is 22.4 Å². The van der Waals surface area contributed by atoms with Gasteiger partial charge in [0.2, 0.25) is 0 Å². The van der Waals surface area contributed by atoms with E-state index in [4.69, 9.17) is 0 Å². The van der Waals surface area contributed by atoms with Gasteiger partial charge in [-0.25, -0.2) is 9.18 Å². The van der Waals surface area contributed by atoms with Crippen LogP contribution in [-0.2, 0) is 17.3 Å². The molecule has 0 spiro atoms. The third-order valence-corrected chi connectivity index (χ3v) is 2.30. The molecule has 19 heavy (non-hydrogen) atoms. The van der Waals surface area contributed by atoms with Crippen molar-refractivity contribution in [3.05, 3.63) is 35.1 Å². The van der Waals surface area contributed by atoms with Gasteiger partial charge in [-0.3, -0.25) is 0 Å². The minimum Gasteiger partial charge on any atom is -0.450 e. The molecule has 3 nitrogen and oxygen atoms in total. The standard InChI is InChI=1S/C12H13F4NO2/c1-2-19-11(18)17-6-5-8-3-4-9(10(13)7-8)12(14,15)16/h3-4,7H,2,5-6H2,1H3,(H,17,18). The maximum atomic E-state index is 13.2. The summed E-state index contributed by atoms with van der Waals surface area (Å²) < 4.78 is 54.7. The lowest BCUT2D eigenvalue weighted by molar-refractivity contribution is -0.140. The van der Waals surface area contributed by atoms with Gasteiger partial charge in [-0.1, -0.05) is 6.07 Å². The number of alkyl carbamates (subject to hydrolysis) is 1. The molecule has 1 rings (SSSR count). The number of benzene rings is 1. The Kier molecular flexibility index (Phi) is 5.14. The molecule has 1 N–H and O–H groups in total. The zero-order valence-electron chi connectivity index (χ0n) is 10.2. The largest absolute Gasteiger partial charge is 0.450 e. The van der Waals surface area contributed by atoms with E-state index in [1.54, 1.807) is 6.92 Å². The van der Waals surface area contributed by atoms with Crippen LogP contribution in [0, 0.1) is 5.82 Å². The highest BCUT2D eigenvalue weighted by atomic mass is 19.4. The third-order valence-electron chi connectivity index (χ3n) is 2.30. The molecule has 0 saturated carbocycles. The first kappa shape index (κ1) is 15.3. The average Bonchev–Trinajstić information content (AvgIpc) is 2.27. The van der Waals surface area contributed by atoms with Gasteiger partial charge in [0, 0.05) is 6.54 Å². The number of alkyl halides is 3. The van der Waals surface area contributed by atoms with Crippen LogP contribution in [0.5, 0.6) is 0 Å². The summed E-state index contributed by atoms with van der Waals surface area (Å²) in [6, 6.07) is 2.68. The van der Waals surface area contributed by atoms with Crippen molar-refractivity contribution in [2.45, 2.75) is 19.5 Å². The number of carbonyl (C=O) groups excluding carboxylic acids is 1. The van der Waals surface area contributed by atoms with Gasteiger partial charge in [-0.15, -0.1) is 0 Å². The van der Waals surface area contributed by atoms with Crippen molar-refractivity contribution in [2.24, 2.45) is 0 Å². The first-order valence-corrected chi connectivity index (χ1v) is 5.61. The molecule has 1 aromatic carbocycles. The van der Waals surface area contributed by atoms with Crippen molar-refractivity contribution in [3.8, 4) is 0 Å². The summed E-state index contributed by atoms with van der Waals surface area (Å²) in [4.78, 5) is 10.9. The number of rotatable bonds is 4. The minimum absolute atomic E-state index is 0.156. The molecule has 0 bridgehead atoms. The van der Waals surface area contributed by atoms with Crippen LogP contribution in [0.3, 0.4) is 0 Å². The third kappa shape index (κ3) is 4.76. The highest BCUT2D eigenvalue weighted by molar-refractivity contribution is 5.67. The zero-order chi connectivity index (χ0) is 14.5. The number of amides is 1. The molecule has 0 atom stereocenters. The summed E-state index contributed by atoms with van der Waals surface area (Å²) in [5.41, 5.74) is -0.933. The second kappa shape index (κ2) is 6.40. The number of halogens is 4. The Labute approximate surface area is 107 Å².